The van der Waals surface area contributed by atoms with Gasteiger partial charge in [-0.1, -0.05) is 24.1 Å². The van der Waals surface area contributed by atoms with Crippen LogP contribution in [0.2, 0.25) is 0 Å². The van der Waals surface area contributed by atoms with E-state index in [9.17, 15) is 8.42 Å². The number of rotatable bonds is 2. The predicted molar refractivity (Wildman–Crippen MR) is 69.8 cm³/mol. The van der Waals surface area contributed by atoms with E-state index in [4.69, 9.17) is 5.26 Å². The van der Waals surface area contributed by atoms with Gasteiger partial charge in [-0.15, -0.1) is 0 Å². The summed E-state index contributed by atoms with van der Waals surface area (Å²) in [6.07, 6.45) is 2.13. The Bertz CT molecular complexity index is 599. The number of hydrogen-bond acceptors (Lipinski definition) is 3. The minimum absolute atomic E-state index is 0.351. The summed E-state index contributed by atoms with van der Waals surface area (Å²) in [6, 6.07) is 7.51. The lowest BCUT2D eigenvalue weighted by molar-refractivity contribution is 0.565. The van der Waals surface area contributed by atoms with E-state index in [0.29, 0.717) is 17.7 Å². The second-order valence-corrected chi connectivity index (χ2v) is 7.15. The molecule has 0 N–H and O–H groups in total. The van der Waals surface area contributed by atoms with Gasteiger partial charge in [0, 0.05) is 0 Å². The first-order valence-electron chi connectivity index (χ1n) is 6.17. The molecule has 1 aromatic carbocycles. The lowest BCUT2D eigenvalue weighted by Gasteiger charge is -2.16. The van der Waals surface area contributed by atoms with Crippen LogP contribution >= 0.6 is 0 Å². The van der Waals surface area contributed by atoms with Gasteiger partial charge in [0.25, 0.3) is 0 Å². The van der Waals surface area contributed by atoms with Crippen molar-refractivity contribution < 1.29 is 8.42 Å². The average Bonchev–Trinajstić information content (AvgIpc) is 2.76. The molecule has 0 radical (unpaired) electrons. The summed E-state index contributed by atoms with van der Waals surface area (Å²) in [6.45, 7) is 3.76. The lowest BCUT2D eigenvalue weighted by atomic mass is 10.1. The van der Waals surface area contributed by atoms with Gasteiger partial charge in [-0.25, -0.2) is 8.42 Å². The highest BCUT2D eigenvalue weighted by Gasteiger charge is 2.38. The Morgan fingerprint density at radius 1 is 1.28 bits per heavy atom. The summed E-state index contributed by atoms with van der Waals surface area (Å²) in [5.74, 6) is -0.351. The largest absolute Gasteiger partial charge is 0.223 e. The lowest BCUT2D eigenvalue weighted by Crippen LogP contribution is -2.25. The van der Waals surface area contributed by atoms with Gasteiger partial charge in [-0.05, 0) is 38.3 Å². The van der Waals surface area contributed by atoms with E-state index in [2.05, 4.69) is 6.07 Å². The fraction of sp³-hybridized carbons (Fsp3) is 0.500. The zero-order valence-electron chi connectivity index (χ0n) is 10.7. The molecule has 1 aliphatic rings. The minimum atomic E-state index is -3.37. The van der Waals surface area contributed by atoms with Crippen molar-refractivity contribution in [2.45, 2.75) is 43.3 Å². The van der Waals surface area contributed by atoms with Crippen LogP contribution in [0.15, 0.2) is 23.1 Å². The highest BCUT2D eigenvalue weighted by molar-refractivity contribution is 7.92. The van der Waals surface area contributed by atoms with Crippen molar-refractivity contribution in [3.8, 4) is 6.07 Å². The van der Waals surface area contributed by atoms with Gasteiger partial charge < -0.3 is 0 Å². The first kappa shape index (κ1) is 13.1. The summed E-state index contributed by atoms with van der Waals surface area (Å²) in [5, 5.41) is 8.52. The third kappa shape index (κ3) is 2.15. The standard InChI is InChI=1S/C14H17NO2S/c1-10-6-7-13(11(2)8-10)18(16,17)14-5-3-4-12(14)9-15/h6-8,12,14H,3-5H2,1-2H3. The Morgan fingerprint density at radius 2 is 2.00 bits per heavy atom. The predicted octanol–water partition coefficient (Wildman–Crippen LogP) is 2.77. The van der Waals surface area contributed by atoms with E-state index < -0.39 is 15.1 Å². The molecule has 2 rings (SSSR count). The second kappa shape index (κ2) is 4.74. The molecule has 18 heavy (non-hydrogen) atoms. The maximum Gasteiger partial charge on any atom is 0.182 e. The summed E-state index contributed by atoms with van der Waals surface area (Å²) in [7, 11) is -3.37. The van der Waals surface area contributed by atoms with E-state index in [1.807, 2.05) is 26.0 Å². The number of sulfone groups is 1. The minimum Gasteiger partial charge on any atom is -0.223 e. The fourth-order valence-corrected chi connectivity index (χ4v) is 4.92. The second-order valence-electron chi connectivity index (χ2n) is 5.02. The topological polar surface area (TPSA) is 57.9 Å². The van der Waals surface area contributed by atoms with Crippen LogP contribution in [0, 0.1) is 31.1 Å². The SMILES string of the molecule is Cc1ccc(S(=O)(=O)C2CCCC2C#N)c(C)c1. The van der Waals surface area contributed by atoms with Crippen molar-refractivity contribution in [3.63, 3.8) is 0 Å². The van der Waals surface area contributed by atoms with Gasteiger partial charge in [0.15, 0.2) is 9.84 Å². The number of nitriles is 1. The van der Waals surface area contributed by atoms with Crippen molar-refractivity contribution >= 4 is 9.84 Å². The quantitative estimate of drug-likeness (QED) is 0.824. The molecule has 2 atom stereocenters. The van der Waals surface area contributed by atoms with E-state index in [0.717, 1.165) is 17.5 Å². The zero-order valence-corrected chi connectivity index (χ0v) is 11.5. The summed E-state index contributed by atoms with van der Waals surface area (Å²) < 4.78 is 25.2. The molecule has 1 saturated carbocycles. The van der Waals surface area contributed by atoms with Crippen LogP contribution in [0.3, 0.4) is 0 Å². The molecule has 0 spiro atoms. The van der Waals surface area contributed by atoms with Gasteiger partial charge in [-0.2, -0.15) is 5.26 Å². The molecule has 1 aromatic rings. The van der Waals surface area contributed by atoms with E-state index in [1.54, 1.807) is 6.07 Å². The Hall–Kier alpha value is -1.34. The van der Waals surface area contributed by atoms with Crippen LogP contribution in [0.5, 0.6) is 0 Å². The van der Waals surface area contributed by atoms with Crippen molar-refractivity contribution in [1.29, 1.82) is 5.26 Å². The van der Waals surface area contributed by atoms with Crippen LogP contribution < -0.4 is 0 Å². The molecule has 0 heterocycles. The maximum absolute atomic E-state index is 12.6. The van der Waals surface area contributed by atoms with Crippen LogP contribution in [0.1, 0.15) is 30.4 Å². The Labute approximate surface area is 108 Å². The van der Waals surface area contributed by atoms with Crippen LogP contribution in [0.25, 0.3) is 0 Å². The zero-order chi connectivity index (χ0) is 13.3. The monoisotopic (exact) mass is 263 g/mol. The first-order chi connectivity index (χ1) is 8.46. The molecule has 1 fully saturated rings. The van der Waals surface area contributed by atoms with Crippen molar-refractivity contribution in [2.75, 3.05) is 0 Å². The molecule has 0 amide bonds. The Morgan fingerprint density at radius 3 is 2.61 bits per heavy atom. The van der Waals surface area contributed by atoms with Crippen LogP contribution in [-0.2, 0) is 9.84 Å². The third-order valence-corrected chi connectivity index (χ3v) is 6.09. The summed E-state index contributed by atoms with van der Waals surface area (Å²) in [5.41, 5.74) is 1.83. The van der Waals surface area contributed by atoms with Gasteiger partial charge >= 0.3 is 0 Å². The molecule has 0 aromatic heterocycles. The molecular formula is C14H17NO2S. The molecule has 4 heteroatoms. The molecule has 0 aliphatic heterocycles. The smallest absolute Gasteiger partial charge is 0.182 e. The molecule has 3 nitrogen and oxygen atoms in total. The summed E-state index contributed by atoms with van der Waals surface area (Å²) >= 11 is 0. The molecule has 0 bridgehead atoms. The molecule has 1 aliphatic carbocycles. The average molecular weight is 263 g/mol. The fourth-order valence-electron chi connectivity index (χ4n) is 2.73. The number of benzene rings is 1. The van der Waals surface area contributed by atoms with Crippen molar-refractivity contribution in [2.24, 2.45) is 5.92 Å². The third-order valence-electron chi connectivity index (χ3n) is 3.65. The van der Waals surface area contributed by atoms with E-state index in [1.165, 1.54) is 0 Å². The van der Waals surface area contributed by atoms with Gasteiger partial charge in [0.1, 0.15) is 0 Å². The van der Waals surface area contributed by atoms with Crippen molar-refractivity contribution in [1.82, 2.24) is 0 Å². The highest BCUT2D eigenvalue weighted by atomic mass is 32.2. The van der Waals surface area contributed by atoms with Crippen LogP contribution in [-0.4, -0.2) is 13.7 Å². The Kier molecular flexibility index (Phi) is 3.45. The van der Waals surface area contributed by atoms with Gasteiger partial charge in [0.05, 0.1) is 22.1 Å². The number of hydrogen-bond donors (Lipinski definition) is 0. The normalized spacial score (nSPS) is 23.8. The first-order valence-corrected chi connectivity index (χ1v) is 7.72. The summed E-state index contributed by atoms with van der Waals surface area (Å²) in [4.78, 5) is 0.389. The maximum atomic E-state index is 12.6. The molecular weight excluding hydrogens is 246 g/mol. The van der Waals surface area contributed by atoms with Gasteiger partial charge in [0.2, 0.25) is 0 Å². The molecule has 96 valence electrons. The Balaban J connectivity index is 2.46. The van der Waals surface area contributed by atoms with Gasteiger partial charge in [-0.3, -0.25) is 0 Å². The number of nitrogens with zero attached hydrogens (tertiary/aromatic N) is 1. The van der Waals surface area contributed by atoms with Crippen molar-refractivity contribution in [3.05, 3.63) is 29.3 Å². The van der Waals surface area contributed by atoms with E-state index >= 15 is 0 Å². The highest BCUT2D eigenvalue weighted by Crippen LogP contribution is 2.35. The van der Waals surface area contributed by atoms with E-state index in [-0.39, 0.29) is 5.92 Å². The molecule has 0 saturated heterocycles. The molecule has 2 unspecified atom stereocenters. The van der Waals surface area contributed by atoms with Crippen LogP contribution in [0.4, 0.5) is 0 Å². The number of aryl methyl sites for hydroxylation is 2.